The minimum Gasteiger partial charge on any atom is -0.383 e. The Labute approximate surface area is 153 Å². The molecule has 1 saturated heterocycles. The van der Waals surface area contributed by atoms with Gasteiger partial charge in [0.2, 0.25) is 0 Å². The molecule has 8 nitrogen and oxygen atoms in total. The summed E-state index contributed by atoms with van der Waals surface area (Å²) in [5.74, 6) is 2.22. The topological polar surface area (TPSA) is 75.5 Å². The second-order valence-corrected chi connectivity index (χ2v) is 7.83. The van der Waals surface area contributed by atoms with Crippen LogP contribution < -0.4 is 16.1 Å². The number of piperidine rings is 1. The molecule has 26 heavy (non-hydrogen) atoms. The normalized spacial score (nSPS) is 23.7. The van der Waals surface area contributed by atoms with Gasteiger partial charge in [-0.25, -0.2) is 9.78 Å². The zero-order valence-corrected chi connectivity index (χ0v) is 16.4. The van der Waals surface area contributed by atoms with Crippen LogP contribution in [-0.4, -0.2) is 45.5 Å². The van der Waals surface area contributed by atoms with E-state index >= 15 is 0 Å². The third-order valence-corrected chi connectivity index (χ3v) is 5.43. The number of methoxy groups -OCH3 is 1. The lowest BCUT2D eigenvalue weighted by atomic mass is 9.92. The molecule has 0 aliphatic carbocycles. The van der Waals surface area contributed by atoms with Crippen molar-refractivity contribution in [3.05, 3.63) is 26.7 Å². The summed E-state index contributed by atoms with van der Waals surface area (Å²) in [4.78, 5) is 31.2. The van der Waals surface area contributed by atoms with Crippen molar-refractivity contribution < 1.29 is 9.64 Å². The molecule has 2 atom stereocenters. The highest BCUT2D eigenvalue weighted by atomic mass is 16.5. The molecule has 0 radical (unpaired) electrons. The molecule has 0 saturated carbocycles. The van der Waals surface area contributed by atoms with E-state index in [1.807, 2.05) is 4.57 Å². The maximum absolute atomic E-state index is 12.7. The van der Waals surface area contributed by atoms with Crippen LogP contribution in [0, 0.1) is 11.8 Å². The van der Waals surface area contributed by atoms with Crippen molar-refractivity contribution in [1.82, 2.24) is 18.7 Å². The van der Waals surface area contributed by atoms with Gasteiger partial charge in [-0.1, -0.05) is 13.8 Å². The van der Waals surface area contributed by atoms with E-state index in [0.717, 1.165) is 30.0 Å². The molecule has 0 unspecified atom stereocenters. The smallest absolute Gasteiger partial charge is 0.332 e. The van der Waals surface area contributed by atoms with E-state index in [2.05, 4.69) is 13.8 Å². The average molecular weight is 364 g/mol. The second-order valence-electron chi connectivity index (χ2n) is 7.83. The number of aryl methyl sites for hydroxylation is 1. The largest absolute Gasteiger partial charge is 0.383 e. The molecule has 0 spiro atoms. The molecule has 3 rings (SSSR count). The van der Waals surface area contributed by atoms with Crippen LogP contribution in [0.2, 0.25) is 0 Å². The standard InChI is InChI=1S/C18H29N5O3/c1-12-8-13(2)10-22(9-12)11-14-19-16-15(23(14)6-7-26-5)17(24)21(4)18(25)20(16)3/h12-13H,6-11H2,1-5H3/p+1/t12-,13-/m0/s1. The number of imidazole rings is 1. The zero-order chi connectivity index (χ0) is 19.0. The Balaban J connectivity index is 2.09. The number of hydrogen-bond donors (Lipinski definition) is 1. The predicted octanol–water partition coefficient (Wildman–Crippen LogP) is -0.859. The van der Waals surface area contributed by atoms with E-state index in [9.17, 15) is 9.59 Å². The summed E-state index contributed by atoms with van der Waals surface area (Å²) in [5, 5.41) is 0. The third kappa shape index (κ3) is 3.35. The number of aromatic nitrogens is 4. The van der Waals surface area contributed by atoms with Crippen molar-refractivity contribution in [2.24, 2.45) is 25.9 Å². The second kappa shape index (κ2) is 7.36. The van der Waals surface area contributed by atoms with Crippen LogP contribution in [0.25, 0.3) is 11.2 Å². The van der Waals surface area contributed by atoms with Crippen molar-refractivity contribution in [2.75, 3.05) is 26.8 Å². The fourth-order valence-electron chi connectivity index (χ4n) is 4.34. The first-order valence-corrected chi connectivity index (χ1v) is 9.31. The van der Waals surface area contributed by atoms with E-state index in [4.69, 9.17) is 9.72 Å². The fraction of sp³-hybridized carbons (Fsp3) is 0.722. The van der Waals surface area contributed by atoms with E-state index < -0.39 is 0 Å². The molecule has 3 heterocycles. The number of hydrogen-bond acceptors (Lipinski definition) is 4. The molecule has 1 aliphatic rings. The average Bonchev–Trinajstić information content (AvgIpc) is 2.93. The minimum absolute atomic E-state index is 0.298. The summed E-state index contributed by atoms with van der Waals surface area (Å²) in [6.07, 6.45) is 1.26. The molecule has 0 amide bonds. The Hall–Kier alpha value is -1.93. The highest BCUT2D eigenvalue weighted by Crippen LogP contribution is 2.14. The summed E-state index contributed by atoms with van der Waals surface area (Å²) < 4.78 is 9.78. The van der Waals surface area contributed by atoms with Gasteiger partial charge in [-0.3, -0.25) is 13.9 Å². The van der Waals surface area contributed by atoms with Gasteiger partial charge in [0.15, 0.2) is 17.0 Å². The molecular weight excluding hydrogens is 334 g/mol. The van der Waals surface area contributed by atoms with Gasteiger partial charge in [0.05, 0.1) is 19.7 Å². The lowest BCUT2D eigenvalue weighted by Crippen LogP contribution is -3.13. The molecular formula is C18H30N5O3+. The van der Waals surface area contributed by atoms with Crippen molar-refractivity contribution in [2.45, 2.75) is 33.4 Å². The Kier molecular flexibility index (Phi) is 5.34. The molecule has 144 valence electrons. The number of ether oxygens (including phenoxy) is 1. The summed E-state index contributed by atoms with van der Waals surface area (Å²) in [7, 11) is 4.82. The monoisotopic (exact) mass is 364 g/mol. The molecule has 1 aliphatic heterocycles. The van der Waals surface area contributed by atoms with Crippen LogP contribution in [0.15, 0.2) is 9.59 Å². The molecule has 2 aromatic rings. The molecule has 1 N–H and O–H groups in total. The first-order valence-electron chi connectivity index (χ1n) is 9.31. The van der Waals surface area contributed by atoms with Gasteiger partial charge in [0.1, 0.15) is 6.54 Å². The number of quaternary nitrogens is 1. The highest BCUT2D eigenvalue weighted by Gasteiger charge is 2.28. The maximum atomic E-state index is 12.7. The summed E-state index contributed by atoms with van der Waals surface area (Å²) in [6, 6.07) is 0. The van der Waals surface area contributed by atoms with Crippen LogP contribution in [0.3, 0.4) is 0 Å². The fourth-order valence-corrected chi connectivity index (χ4v) is 4.34. The lowest BCUT2D eigenvalue weighted by Gasteiger charge is -2.31. The van der Waals surface area contributed by atoms with Gasteiger partial charge in [0.25, 0.3) is 5.56 Å². The van der Waals surface area contributed by atoms with E-state index in [1.54, 1.807) is 14.2 Å². The number of rotatable bonds is 5. The van der Waals surface area contributed by atoms with Crippen LogP contribution in [0.1, 0.15) is 26.1 Å². The van der Waals surface area contributed by atoms with E-state index in [0.29, 0.717) is 36.2 Å². The quantitative estimate of drug-likeness (QED) is 0.749. The third-order valence-electron chi connectivity index (χ3n) is 5.43. The van der Waals surface area contributed by atoms with Gasteiger partial charge < -0.3 is 14.2 Å². The van der Waals surface area contributed by atoms with Gasteiger partial charge in [-0.05, 0) is 6.42 Å². The Morgan fingerprint density at radius 2 is 1.81 bits per heavy atom. The van der Waals surface area contributed by atoms with E-state index in [-0.39, 0.29) is 11.2 Å². The molecule has 1 fully saturated rings. The maximum Gasteiger partial charge on any atom is 0.332 e. The van der Waals surface area contributed by atoms with Crippen LogP contribution in [0.4, 0.5) is 0 Å². The van der Waals surface area contributed by atoms with Crippen molar-refractivity contribution in [1.29, 1.82) is 0 Å². The first kappa shape index (κ1) is 18.8. The Bertz CT molecular complexity index is 900. The molecule has 8 heteroatoms. The van der Waals surface area contributed by atoms with Crippen LogP contribution >= 0.6 is 0 Å². The number of likely N-dealkylation sites (tertiary alicyclic amines) is 1. The van der Waals surface area contributed by atoms with Gasteiger partial charge in [-0.15, -0.1) is 0 Å². The predicted molar refractivity (Wildman–Crippen MR) is 99.4 cm³/mol. The number of nitrogens with one attached hydrogen (secondary N) is 1. The van der Waals surface area contributed by atoms with Gasteiger partial charge in [0, 0.05) is 39.6 Å². The SMILES string of the molecule is COCCn1c(C[NH+]2C[C@@H](C)C[C@H](C)C2)nc2c1c(=O)n(C)c(=O)n2C. The Morgan fingerprint density at radius 1 is 1.15 bits per heavy atom. The van der Waals surface area contributed by atoms with Crippen molar-refractivity contribution in [3.63, 3.8) is 0 Å². The lowest BCUT2D eigenvalue weighted by molar-refractivity contribution is -0.926. The summed E-state index contributed by atoms with van der Waals surface area (Å²) >= 11 is 0. The number of nitrogens with zero attached hydrogens (tertiary/aromatic N) is 4. The highest BCUT2D eigenvalue weighted by molar-refractivity contribution is 5.71. The summed E-state index contributed by atoms with van der Waals surface area (Å²) in [6.45, 7) is 8.60. The molecule has 0 bridgehead atoms. The molecule has 0 aromatic carbocycles. The Morgan fingerprint density at radius 3 is 2.42 bits per heavy atom. The van der Waals surface area contributed by atoms with E-state index in [1.165, 1.54) is 22.9 Å². The summed E-state index contributed by atoms with van der Waals surface area (Å²) in [5.41, 5.74) is 0.298. The molecule has 2 aromatic heterocycles. The van der Waals surface area contributed by atoms with Gasteiger partial charge in [-0.2, -0.15) is 0 Å². The van der Waals surface area contributed by atoms with Crippen LogP contribution in [0.5, 0.6) is 0 Å². The van der Waals surface area contributed by atoms with Crippen LogP contribution in [-0.2, 0) is 31.9 Å². The number of fused-ring (bicyclic) bond motifs is 1. The van der Waals surface area contributed by atoms with Crippen molar-refractivity contribution >= 4 is 11.2 Å². The zero-order valence-electron chi connectivity index (χ0n) is 16.4. The van der Waals surface area contributed by atoms with Gasteiger partial charge >= 0.3 is 5.69 Å². The minimum atomic E-state index is -0.349. The van der Waals surface area contributed by atoms with Crippen molar-refractivity contribution in [3.8, 4) is 0 Å². The first-order chi connectivity index (χ1) is 12.3.